The summed E-state index contributed by atoms with van der Waals surface area (Å²) in [7, 11) is 3.64. The number of rotatable bonds is 4. The van der Waals surface area contributed by atoms with Crippen LogP contribution in [0.4, 0.5) is 0 Å². The predicted molar refractivity (Wildman–Crippen MR) is 77.6 cm³/mol. The van der Waals surface area contributed by atoms with Gasteiger partial charge in [0.1, 0.15) is 5.15 Å². The second kappa shape index (κ2) is 5.99. The van der Waals surface area contributed by atoms with E-state index in [9.17, 15) is 4.79 Å². The minimum atomic E-state index is -0.0457. The number of carbonyl (C=O) groups is 1. The van der Waals surface area contributed by atoms with Crippen molar-refractivity contribution in [2.45, 2.75) is 0 Å². The van der Waals surface area contributed by atoms with Crippen molar-refractivity contribution in [2.75, 3.05) is 27.2 Å². The van der Waals surface area contributed by atoms with Gasteiger partial charge in [0.15, 0.2) is 0 Å². The Morgan fingerprint density at radius 1 is 1.37 bits per heavy atom. The SMILES string of the molecule is CNCCN(C)C(=O)c1cnc(Cl)c2ccccc12. The van der Waals surface area contributed by atoms with Crippen LogP contribution in [0.15, 0.2) is 30.5 Å². The molecule has 2 rings (SSSR count). The Bertz CT molecular complexity index is 600. The maximum Gasteiger partial charge on any atom is 0.255 e. The molecule has 0 unspecified atom stereocenters. The van der Waals surface area contributed by atoms with E-state index in [4.69, 9.17) is 11.6 Å². The van der Waals surface area contributed by atoms with Crippen LogP contribution in [0.1, 0.15) is 10.4 Å². The zero-order chi connectivity index (χ0) is 13.8. The van der Waals surface area contributed by atoms with Crippen molar-refractivity contribution in [1.82, 2.24) is 15.2 Å². The van der Waals surface area contributed by atoms with Crippen molar-refractivity contribution in [3.8, 4) is 0 Å². The van der Waals surface area contributed by atoms with E-state index < -0.39 is 0 Å². The molecule has 0 aliphatic rings. The summed E-state index contributed by atoms with van der Waals surface area (Å²) in [5, 5.41) is 5.08. The molecule has 19 heavy (non-hydrogen) atoms. The smallest absolute Gasteiger partial charge is 0.255 e. The third kappa shape index (κ3) is 2.85. The first kappa shape index (κ1) is 13.8. The summed E-state index contributed by atoms with van der Waals surface area (Å²) >= 11 is 6.05. The van der Waals surface area contributed by atoms with Crippen molar-refractivity contribution in [3.63, 3.8) is 0 Å². The lowest BCUT2D eigenvalue weighted by molar-refractivity contribution is 0.0798. The standard InChI is InChI=1S/C14H16ClN3O/c1-16-7-8-18(2)14(19)12-9-17-13(15)11-6-4-3-5-10(11)12/h3-6,9,16H,7-8H2,1-2H3. The average Bonchev–Trinajstić information content (AvgIpc) is 2.45. The van der Waals surface area contributed by atoms with Gasteiger partial charge >= 0.3 is 0 Å². The van der Waals surface area contributed by atoms with Crippen molar-refractivity contribution in [1.29, 1.82) is 0 Å². The Morgan fingerprint density at radius 3 is 2.74 bits per heavy atom. The Labute approximate surface area is 117 Å². The number of hydrogen-bond donors (Lipinski definition) is 1. The van der Waals surface area contributed by atoms with Gasteiger partial charge in [-0.05, 0) is 12.4 Å². The highest BCUT2D eigenvalue weighted by atomic mass is 35.5. The fourth-order valence-corrected chi connectivity index (χ4v) is 2.13. The zero-order valence-electron chi connectivity index (χ0n) is 11.0. The fraction of sp³-hybridized carbons (Fsp3) is 0.286. The molecule has 4 nitrogen and oxygen atoms in total. The largest absolute Gasteiger partial charge is 0.340 e. The summed E-state index contributed by atoms with van der Waals surface area (Å²) in [5.41, 5.74) is 0.582. The van der Waals surface area contributed by atoms with Crippen LogP contribution in [-0.4, -0.2) is 43.0 Å². The van der Waals surface area contributed by atoms with Crippen LogP contribution < -0.4 is 5.32 Å². The number of benzene rings is 1. The maximum atomic E-state index is 12.4. The van der Waals surface area contributed by atoms with E-state index in [1.54, 1.807) is 18.1 Å². The fourth-order valence-electron chi connectivity index (χ4n) is 1.92. The molecule has 5 heteroatoms. The van der Waals surface area contributed by atoms with Crippen LogP contribution >= 0.6 is 11.6 Å². The lowest BCUT2D eigenvalue weighted by Crippen LogP contribution is -2.33. The molecule has 0 spiro atoms. The molecule has 0 saturated carbocycles. The number of halogens is 1. The molecular weight excluding hydrogens is 262 g/mol. The van der Waals surface area contributed by atoms with Gasteiger partial charge in [-0.15, -0.1) is 0 Å². The molecule has 1 heterocycles. The number of pyridine rings is 1. The number of nitrogens with zero attached hydrogens (tertiary/aromatic N) is 2. The molecule has 0 atom stereocenters. The quantitative estimate of drug-likeness (QED) is 0.872. The Hall–Kier alpha value is -1.65. The minimum absolute atomic E-state index is 0.0457. The summed E-state index contributed by atoms with van der Waals surface area (Å²) in [6, 6.07) is 7.54. The van der Waals surface area contributed by atoms with Crippen molar-refractivity contribution >= 4 is 28.3 Å². The Balaban J connectivity index is 2.40. The van der Waals surface area contributed by atoms with Crippen LogP contribution in [0.3, 0.4) is 0 Å². The topological polar surface area (TPSA) is 45.2 Å². The first-order chi connectivity index (χ1) is 9.15. The molecule has 0 aliphatic carbocycles. The molecule has 0 fully saturated rings. The molecule has 1 amide bonds. The molecule has 0 bridgehead atoms. The number of fused-ring (bicyclic) bond motifs is 1. The number of amides is 1. The van der Waals surface area contributed by atoms with Crippen LogP contribution in [0.25, 0.3) is 10.8 Å². The van der Waals surface area contributed by atoms with Crippen molar-refractivity contribution in [2.24, 2.45) is 0 Å². The van der Waals surface area contributed by atoms with Gasteiger partial charge in [0.25, 0.3) is 5.91 Å². The van der Waals surface area contributed by atoms with Gasteiger partial charge in [-0.2, -0.15) is 0 Å². The van der Waals surface area contributed by atoms with Crippen LogP contribution in [-0.2, 0) is 0 Å². The summed E-state index contributed by atoms with van der Waals surface area (Å²) in [5.74, 6) is -0.0457. The van der Waals surface area contributed by atoms with Crippen LogP contribution in [0, 0.1) is 0 Å². The van der Waals surface area contributed by atoms with E-state index >= 15 is 0 Å². The van der Waals surface area contributed by atoms with E-state index in [0.717, 1.165) is 17.3 Å². The van der Waals surface area contributed by atoms with E-state index in [1.165, 1.54) is 0 Å². The number of carbonyl (C=O) groups excluding carboxylic acids is 1. The second-order valence-electron chi connectivity index (χ2n) is 4.34. The highest BCUT2D eigenvalue weighted by Crippen LogP contribution is 2.24. The molecule has 1 aromatic carbocycles. The first-order valence-electron chi connectivity index (χ1n) is 6.08. The summed E-state index contributed by atoms with van der Waals surface area (Å²) in [6.07, 6.45) is 1.54. The van der Waals surface area contributed by atoms with E-state index in [0.29, 0.717) is 17.3 Å². The highest BCUT2D eigenvalue weighted by Gasteiger charge is 2.16. The number of aromatic nitrogens is 1. The predicted octanol–water partition coefficient (Wildman–Crippen LogP) is 2.18. The number of likely N-dealkylation sites (N-methyl/N-ethyl adjacent to an activating group) is 2. The van der Waals surface area contributed by atoms with Gasteiger partial charge in [0.2, 0.25) is 0 Å². The molecule has 1 N–H and O–H groups in total. The summed E-state index contributed by atoms with van der Waals surface area (Å²) < 4.78 is 0. The molecule has 0 aliphatic heterocycles. The molecule has 100 valence electrons. The molecule has 2 aromatic rings. The van der Waals surface area contributed by atoms with Crippen LogP contribution in [0.2, 0.25) is 5.15 Å². The average molecular weight is 278 g/mol. The molecular formula is C14H16ClN3O. The Kier molecular flexibility index (Phi) is 4.35. The molecule has 0 radical (unpaired) electrons. The summed E-state index contributed by atoms with van der Waals surface area (Å²) in [6.45, 7) is 1.40. The van der Waals surface area contributed by atoms with Gasteiger partial charge in [-0.25, -0.2) is 4.98 Å². The normalized spacial score (nSPS) is 10.7. The summed E-state index contributed by atoms with van der Waals surface area (Å²) in [4.78, 5) is 18.2. The van der Waals surface area contributed by atoms with Gasteiger partial charge < -0.3 is 10.2 Å². The molecule has 0 saturated heterocycles. The third-order valence-corrected chi connectivity index (χ3v) is 3.32. The monoisotopic (exact) mass is 277 g/mol. The lowest BCUT2D eigenvalue weighted by atomic mass is 10.1. The first-order valence-corrected chi connectivity index (χ1v) is 6.46. The van der Waals surface area contributed by atoms with Crippen LogP contribution in [0.5, 0.6) is 0 Å². The van der Waals surface area contributed by atoms with Gasteiger partial charge in [-0.3, -0.25) is 4.79 Å². The molecule has 1 aromatic heterocycles. The van der Waals surface area contributed by atoms with E-state index in [1.807, 2.05) is 31.3 Å². The number of nitrogens with one attached hydrogen (secondary N) is 1. The van der Waals surface area contributed by atoms with Gasteiger partial charge in [-0.1, -0.05) is 35.9 Å². The lowest BCUT2D eigenvalue weighted by Gasteiger charge is -2.18. The zero-order valence-corrected chi connectivity index (χ0v) is 11.7. The minimum Gasteiger partial charge on any atom is -0.340 e. The van der Waals surface area contributed by atoms with Crippen molar-refractivity contribution in [3.05, 3.63) is 41.2 Å². The van der Waals surface area contributed by atoms with Gasteiger partial charge in [0.05, 0.1) is 5.56 Å². The maximum absolute atomic E-state index is 12.4. The number of hydrogen-bond acceptors (Lipinski definition) is 3. The Morgan fingerprint density at radius 2 is 2.05 bits per heavy atom. The third-order valence-electron chi connectivity index (χ3n) is 3.02. The second-order valence-corrected chi connectivity index (χ2v) is 4.70. The van der Waals surface area contributed by atoms with E-state index in [-0.39, 0.29) is 5.91 Å². The van der Waals surface area contributed by atoms with E-state index in [2.05, 4.69) is 10.3 Å². The van der Waals surface area contributed by atoms with Crippen molar-refractivity contribution < 1.29 is 4.79 Å². The van der Waals surface area contributed by atoms with Gasteiger partial charge in [0, 0.05) is 31.7 Å². The highest BCUT2D eigenvalue weighted by molar-refractivity contribution is 6.34.